The van der Waals surface area contributed by atoms with Crippen LogP contribution in [0.15, 0.2) is 78.2 Å². The molecule has 0 saturated carbocycles. The summed E-state index contributed by atoms with van der Waals surface area (Å²) in [6, 6.07) is 24.4. The van der Waals surface area contributed by atoms with Gasteiger partial charge in [-0.25, -0.2) is 0 Å². The Morgan fingerprint density at radius 1 is 0.935 bits per heavy atom. The zero-order valence-corrected chi connectivity index (χ0v) is 18.4. The van der Waals surface area contributed by atoms with Crippen molar-refractivity contribution >= 4 is 23.2 Å². The highest BCUT2D eigenvalue weighted by Crippen LogP contribution is 2.31. The summed E-state index contributed by atoms with van der Waals surface area (Å²) in [5.41, 5.74) is 2.40. The summed E-state index contributed by atoms with van der Waals surface area (Å²) in [5.74, 6) is 0.129. The lowest BCUT2D eigenvalue weighted by Crippen LogP contribution is -2.48. The number of hydrogen-bond donors (Lipinski definition) is 1. The molecular weight excluding hydrogens is 404 g/mol. The molecule has 1 aliphatic heterocycles. The molecule has 1 saturated heterocycles. The van der Waals surface area contributed by atoms with Crippen LogP contribution in [-0.4, -0.2) is 36.3 Å². The van der Waals surface area contributed by atoms with Gasteiger partial charge in [-0.1, -0.05) is 66.7 Å². The highest BCUT2D eigenvalue weighted by Gasteiger charge is 2.34. The van der Waals surface area contributed by atoms with E-state index in [2.05, 4.69) is 29.6 Å². The van der Waals surface area contributed by atoms with Crippen molar-refractivity contribution in [3.05, 3.63) is 94.2 Å². The minimum Gasteiger partial charge on any atom is -0.355 e. The molecule has 2 unspecified atom stereocenters. The SMILES string of the molecule is O=C(NCCc1ccccc1)C1CC(c2ccccc2)CN(C(=O)Cc2cccs2)C1. The summed E-state index contributed by atoms with van der Waals surface area (Å²) in [6.07, 6.45) is 1.98. The Hall–Kier alpha value is -2.92. The number of carbonyl (C=O) groups excluding carboxylic acids is 2. The number of carbonyl (C=O) groups is 2. The van der Waals surface area contributed by atoms with Crippen molar-refractivity contribution in [2.75, 3.05) is 19.6 Å². The number of thiophene rings is 1. The lowest BCUT2D eigenvalue weighted by Gasteiger charge is -2.37. The Labute approximate surface area is 187 Å². The Kier molecular flexibility index (Phi) is 7.15. The average Bonchev–Trinajstić information content (AvgIpc) is 3.33. The molecule has 3 aromatic rings. The van der Waals surface area contributed by atoms with Crippen LogP contribution in [0.3, 0.4) is 0 Å². The molecule has 1 aliphatic rings. The van der Waals surface area contributed by atoms with E-state index in [1.54, 1.807) is 11.3 Å². The molecule has 4 nitrogen and oxygen atoms in total. The first kappa shape index (κ1) is 21.3. The van der Waals surface area contributed by atoms with Crippen LogP contribution in [0.25, 0.3) is 0 Å². The monoisotopic (exact) mass is 432 g/mol. The zero-order chi connectivity index (χ0) is 21.5. The van der Waals surface area contributed by atoms with Gasteiger partial charge in [0.2, 0.25) is 11.8 Å². The van der Waals surface area contributed by atoms with E-state index >= 15 is 0 Å². The second-order valence-electron chi connectivity index (χ2n) is 8.12. The van der Waals surface area contributed by atoms with E-state index in [-0.39, 0.29) is 23.7 Å². The van der Waals surface area contributed by atoms with E-state index in [0.717, 1.165) is 17.7 Å². The van der Waals surface area contributed by atoms with Crippen molar-refractivity contribution in [1.29, 1.82) is 0 Å². The topological polar surface area (TPSA) is 49.4 Å². The molecule has 1 fully saturated rings. The van der Waals surface area contributed by atoms with Gasteiger partial charge in [-0.15, -0.1) is 11.3 Å². The van der Waals surface area contributed by atoms with Crippen molar-refractivity contribution in [3.8, 4) is 0 Å². The van der Waals surface area contributed by atoms with Gasteiger partial charge in [0.25, 0.3) is 0 Å². The highest BCUT2D eigenvalue weighted by atomic mass is 32.1. The minimum atomic E-state index is -0.193. The molecule has 160 valence electrons. The van der Waals surface area contributed by atoms with Gasteiger partial charge < -0.3 is 10.2 Å². The van der Waals surface area contributed by atoms with Crippen molar-refractivity contribution in [3.63, 3.8) is 0 Å². The van der Waals surface area contributed by atoms with E-state index in [1.165, 1.54) is 11.1 Å². The van der Waals surface area contributed by atoms with Gasteiger partial charge in [-0.2, -0.15) is 0 Å². The second kappa shape index (κ2) is 10.4. The van der Waals surface area contributed by atoms with Crippen molar-refractivity contribution in [1.82, 2.24) is 10.2 Å². The fourth-order valence-electron chi connectivity index (χ4n) is 4.25. The van der Waals surface area contributed by atoms with Crippen LogP contribution in [0, 0.1) is 5.92 Å². The Morgan fingerprint density at radius 2 is 1.68 bits per heavy atom. The van der Waals surface area contributed by atoms with Gasteiger partial charge in [0.1, 0.15) is 0 Å². The number of piperidine rings is 1. The third-order valence-corrected chi connectivity index (χ3v) is 6.78. The number of nitrogens with zero attached hydrogens (tertiary/aromatic N) is 1. The van der Waals surface area contributed by atoms with Crippen LogP contribution in [0.5, 0.6) is 0 Å². The van der Waals surface area contributed by atoms with Gasteiger partial charge in [-0.05, 0) is 35.4 Å². The van der Waals surface area contributed by atoms with Crippen molar-refractivity contribution in [2.45, 2.75) is 25.2 Å². The molecule has 31 heavy (non-hydrogen) atoms. The van der Waals surface area contributed by atoms with Crippen molar-refractivity contribution in [2.24, 2.45) is 5.92 Å². The third-order valence-electron chi connectivity index (χ3n) is 5.91. The fraction of sp³-hybridized carbons (Fsp3) is 0.308. The quantitative estimate of drug-likeness (QED) is 0.606. The van der Waals surface area contributed by atoms with Gasteiger partial charge in [-0.3, -0.25) is 9.59 Å². The zero-order valence-electron chi connectivity index (χ0n) is 17.6. The number of nitrogens with one attached hydrogen (secondary N) is 1. The first-order valence-electron chi connectivity index (χ1n) is 10.9. The summed E-state index contributed by atoms with van der Waals surface area (Å²) in [5, 5.41) is 5.10. The normalized spacial score (nSPS) is 18.5. The van der Waals surface area contributed by atoms with E-state index in [0.29, 0.717) is 26.1 Å². The molecule has 2 aromatic carbocycles. The van der Waals surface area contributed by atoms with E-state index in [1.807, 2.05) is 58.8 Å². The smallest absolute Gasteiger partial charge is 0.227 e. The predicted octanol–water partition coefficient (Wildman–Crippen LogP) is 4.28. The van der Waals surface area contributed by atoms with E-state index in [4.69, 9.17) is 0 Å². The second-order valence-corrected chi connectivity index (χ2v) is 9.15. The maximum atomic E-state index is 13.0. The molecule has 0 radical (unpaired) electrons. The molecule has 0 bridgehead atoms. The summed E-state index contributed by atoms with van der Waals surface area (Å²) in [7, 11) is 0. The van der Waals surface area contributed by atoms with Gasteiger partial charge in [0.05, 0.1) is 12.3 Å². The predicted molar refractivity (Wildman–Crippen MR) is 125 cm³/mol. The van der Waals surface area contributed by atoms with E-state index in [9.17, 15) is 9.59 Å². The standard InChI is InChI=1S/C26H28N2O2S/c29-25(17-24-12-7-15-31-24)28-18-22(21-10-5-2-6-11-21)16-23(19-28)26(30)27-14-13-20-8-3-1-4-9-20/h1-12,15,22-23H,13-14,16-19H2,(H,27,30). The molecule has 1 aromatic heterocycles. The summed E-state index contributed by atoms with van der Waals surface area (Å²) >= 11 is 1.60. The molecule has 4 rings (SSSR count). The molecule has 2 heterocycles. The lowest BCUT2D eigenvalue weighted by molar-refractivity contribution is -0.135. The summed E-state index contributed by atoms with van der Waals surface area (Å²) in [6.45, 7) is 1.77. The molecule has 0 aliphatic carbocycles. The number of amides is 2. The molecular formula is C26H28N2O2S. The van der Waals surface area contributed by atoms with Gasteiger partial charge in [0, 0.05) is 30.4 Å². The first-order chi connectivity index (χ1) is 15.2. The summed E-state index contributed by atoms with van der Waals surface area (Å²) in [4.78, 5) is 29.0. The van der Waals surface area contributed by atoms with Gasteiger partial charge in [0.15, 0.2) is 0 Å². The van der Waals surface area contributed by atoms with Crippen LogP contribution >= 0.6 is 11.3 Å². The molecule has 0 spiro atoms. The maximum Gasteiger partial charge on any atom is 0.227 e. The molecule has 2 atom stereocenters. The Bertz CT molecular complexity index is 973. The minimum absolute atomic E-state index is 0.0467. The lowest BCUT2D eigenvalue weighted by atomic mass is 9.84. The number of likely N-dealkylation sites (tertiary alicyclic amines) is 1. The first-order valence-corrected chi connectivity index (χ1v) is 11.7. The summed E-state index contributed by atoms with van der Waals surface area (Å²) < 4.78 is 0. The fourth-order valence-corrected chi connectivity index (χ4v) is 4.95. The Balaban J connectivity index is 1.42. The molecule has 1 N–H and O–H groups in total. The van der Waals surface area contributed by atoms with Crippen LogP contribution in [0.2, 0.25) is 0 Å². The molecule has 2 amide bonds. The number of rotatable bonds is 7. The maximum absolute atomic E-state index is 13.0. The van der Waals surface area contributed by atoms with Gasteiger partial charge >= 0.3 is 0 Å². The van der Waals surface area contributed by atoms with Crippen molar-refractivity contribution < 1.29 is 9.59 Å². The Morgan fingerprint density at radius 3 is 2.39 bits per heavy atom. The van der Waals surface area contributed by atoms with Crippen LogP contribution in [-0.2, 0) is 22.4 Å². The average molecular weight is 433 g/mol. The third kappa shape index (κ3) is 5.82. The highest BCUT2D eigenvalue weighted by molar-refractivity contribution is 7.10. The van der Waals surface area contributed by atoms with Crippen LogP contribution < -0.4 is 5.32 Å². The van der Waals surface area contributed by atoms with Crippen LogP contribution in [0.4, 0.5) is 0 Å². The number of hydrogen-bond acceptors (Lipinski definition) is 3. The molecule has 5 heteroatoms. The number of benzene rings is 2. The largest absolute Gasteiger partial charge is 0.355 e. The van der Waals surface area contributed by atoms with Crippen LogP contribution in [0.1, 0.15) is 28.3 Å². The van der Waals surface area contributed by atoms with E-state index < -0.39 is 0 Å².